The first-order valence-electron chi connectivity index (χ1n) is 6.81. The zero-order valence-corrected chi connectivity index (χ0v) is 11.9. The van der Waals surface area contributed by atoms with E-state index in [9.17, 15) is 27.8 Å². The van der Waals surface area contributed by atoms with Crippen LogP contribution >= 0.6 is 0 Å². The lowest BCUT2D eigenvalue weighted by Gasteiger charge is -2.10. The molecule has 2 rings (SSSR count). The Balaban J connectivity index is 1.99. The standard InChI is InChI=1S/C17H14F4O2/c18-12-6-4-10(8-14(12)20)16(22)2-1-3-17(23)11-5-7-13(19)15(21)9-11/h1-2,4-9,16-17,22-23H,3H2/b2-1+/t16-,17-/m1/s1. The molecule has 0 radical (unpaired) electrons. The Bertz CT molecular complexity index is 716. The summed E-state index contributed by atoms with van der Waals surface area (Å²) in [6.07, 6.45) is 0.472. The second kappa shape index (κ2) is 7.39. The first kappa shape index (κ1) is 17.2. The van der Waals surface area contributed by atoms with E-state index in [-0.39, 0.29) is 17.5 Å². The second-order valence-electron chi connectivity index (χ2n) is 4.97. The first-order chi connectivity index (χ1) is 10.9. The van der Waals surface area contributed by atoms with Crippen LogP contribution in [0.15, 0.2) is 48.6 Å². The van der Waals surface area contributed by atoms with E-state index in [4.69, 9.17) is 0 Å². The van der Waals surface area contributed by atoms with Crippen LogP contribution < -0.4 is 0 Å². The normalized spacial score (nSPS) is 14.2. The van der Waals surface area contributed by atoms with Gasteiger partial charge in [0.25, 0.3) is 0 Å². The molecular weight excluding hydrogens is 312 g/mol. The number of halogens is 4. The fourth-order valence-electron chi connectivity index (χ4n) is 2.00. The van der Waals surface area contributed by atoms with Crippen LogP contribution in [-0.4, -0.2) is 10.2 Å². The molecule has 0 aliphatic heterocycles. The molecule has 2 aromatic carbocycles. The van der Waals surface area contributed by atoms with E-state index in [0.717, 1.165) is 24.3 Å². The molecule has 2 N–H and O–H groups in total. The van der Waals surface area contributed by atoms with Crippen molar-refractivity contribution in [2.24, 2.45) is 0 Å². The first-order valence-corrected chi connectivity index (χ1v) is 6.81. The van der Waals surface area contributed by atoms with E-state index in [1.807, 2.05) is 0 Å². The van der Waals surface area contributed by atoms with Crippen molar-refractivity contribution < 1.29 is 27.8 Å². The van der Waals surface area contributed by atoms with Gasteiger partial charge in [-0.25, -0.2) is 17.6 Å². The van der Waals surface area contributed by atoms with Gasteiger partial charge in [0.15, 0.2) is 23.3 Å². The lowest BCUT2D eigenvalue weighted by atomic mass is 10.0. The number of aliphatic hydroxyl groups excluding tert-OH is 2. The molecule has 0 amide bonds. The highest BCUT2D eigenvalue weighted by molar-refractivity contribution is 5.24. The van der Waals surface area contributed by atoms with Crippen LogP contribution in [0.1, 0.15) is 29.8 Å². The summed E-state index contributed by atoms with van der Waals surface area (Å²) in [4.78, 5) is 0. The van der Waals surface area contributed by atoms with Crippen LogP contribution in [0.4, 0.5) is 17.6 Å². The largest absolute Gasteiger partial charge is 0.388 e. The second-order valence-corrected chi connectivity index (χ2v) is 4.97. The zero-order valence-electron chi connectivity index (χ0n) is 11.9. The Morgan fingerprint density at radius 1 is 0.783 bits per heavy atom. The molecule has 2 aromatic rings. The highest BCUT2D eigenvalue weighted by Crippen LogP contribution is 2.21. The molecule has 122 valence electrons. The van der Waals surface area contributed by atoms with Gasteiger partial charge in [-0.15, -0.1) is 0 Å². The summed E-state index contributed by atoms with van der Waals surface area (Å²) in [5, 5.41) is 19.7. The molecule has 6 heteroatoms. The van der Waals surface area contributed by atoms with Crippen LogP contribution in [0.25, 0.3) is 0 Å². The SMILES string of the molecule is O[C@H](/C=C/C[C@@H](O)c1ccc(F)c(F)c1)c1ccc(F)c(F)c1. The number of hydrogen-bond acceptors (Lipinski definition) is 2. The van der Waals surface area contributed by atoms with Gasteiger partial charge in [-0.3, -0.25) is 0 Å². The number of aliphatic hydroxyl groups is 2. The molecule has 23 heavy (non-hydrogen) atoms. The molecule has 0 bridgehead atoms. The monoisotopic (exact) mass is 326 g/mol. The van der Waals surface area contributed by atoms with Crippen LogP contribution in [0, 0.1) is 23.3 Å². The minimum Gasteiger partial charge on any atom is -0.388 e. The fraction of sp³-hybridized carbons (Fsp3) is 0.176. The third-order valence-electron chi connectivity index (χ3n) is 3.29. The highest BCUT2D eigenvalue weighted by Gasteiger charge is 2.11. The van der Waals surface area contributed by atoms with E-state index >= 15 is 0 Å². The summed E-state index contributed by atoms with van der Waals surface area (Å²) in [6.45, 7) is 0. The Morgan fingerprint density at radius 3 is 1.87 bits per heavy atom. The molecule has 0 aliphatic carbocycles. The Kier molecular flexibility index (Phi) is 5.52. The van der Waals surface area contributed by atoms with Gasteiger partial charge in [0.2, 0.25) is 0 Å². The minimum atomic E-state index is -1.18. The van der Waals surface area contributed by atoms with Crippen molar-refractivity contribution >= 4 is 0 Å². The van der Waals surface area contributed by atoms with Crippen molar-refractivity contribution in [1.82, 2.24) is 0 Å². The molecule has 2 nitrogen and oxygen atoms in total. The van der Waals surface area contributed by atoms with Gasteiger partial charge in [0, 0.05) is 0 Å². The minimum absolute atomic E-state index is 0.0335. The molecule has 0 spiro atoms. The molecule has 0 fully saturated rings. The number of hydrogen-bond donors (Lipinski definition) is 2. The van der Waals surface area contributed by atoms with Crippen LogP contribution in [0.2, 0.25) is 0 Å². The van der Waals surface area contributed by atoms with Gasteiger partial charge in [0.1, 0.15) is 0 Å². The van der Waals surface area contributed by atoms with Crippen molar-refractivity contribution in [3.8, 4) is 0 Å². The van der Waals surface area contributed by atoms with Crippen LogP contribution in [0.5, 0.6) is 0 Å². The third-order valence-corrected chi connectivity index (χ3v) is 3.29. The molecule has 0 unspecified atom stereocenters. The molecule has 0 aromatic heterocycles. The van der Waals surface area contributed by atoms with Crippen molar-refractivity contribution in [3.63, 3.8) is 0 Å². The maximum atomic E-state index is 13.1. The van der Waals surface area contributed by atoms with Crippen molar-refractivity contribution in [2.45, 2.75) is 18.6 Å². The van der Waals surface area contributed by atoms with Crippen LogP contribution in [0.3, 0.4) is 0 Å². The average Bonchev–Trinajstić information content (AvgIpc) is 2.52. The zero-order chi connectivity index (χ0) is 17.0. The summed E-state index contributed by atoms with van der Waals surface area (Å²) in [6, 6.07) is 6.06. The summed E-state index contributed by atoms with van der Waals surface area (Å²) < 4.78 is 51.7. The predicted octanol–water partition coefficient (Wildman–Crippen LogP) is 3.96. The lowest BCUT2D eigenvalue weighted by molar-refractivity contribution is 0.179. The summed E-state index contributed by atoms with van der Waals surface area (Å²) >= 11 is 0. The van der Waals surface area contributed by atoms with Crippen molar-refractivity contribution in [1.29, 1.82) is 0 Å². The van der Waals surface area contributed by atoms with Gasteiger partial charge in [-0.1, -0.05) is 24.3 Å². The molecular formula is C17H14F4O2. The highest BCUT2D eigenvalue weighted by atomic mass is 19.2. The summed E-state index contributed by atoms with van der Waals surface area (Å²) in [7, 11) is 0. The molecule has 2 atom stereocenters. The van der Waals surface area contributed by atoms with E-state index in [1.54, 1.807) is 0 Å². The third kappa shape index (κ3) is 4.40. The lowest BCUT2D eigenvalue weighted by Crippen LogP contribution is -1.99. The fourth-order valence-corrected chi connectivity index (χ4v) is 2.00. The van der Waals surface area contributed by atoms with E-state index in [0.29, 0.717) is 0 Å². The van der Waals surface area contributed by atoms with Gasteiger partial charge >= 0.3 is 0 Å². The number of rotatable bonds is 5. The Morgan fingerprint density at radius 2 is 1.30 bits per heavy atom. The quantitative estimate of drug-likeness (QED) is 0.645. The molecule has 0 saturated carbocycles. The predicted molar refractivity (Wildman–Crippen MR) is 76.4 cm³/mol. The molecule has 0 saturated heterocycles. The van der Waals surface area contributed by atoms with Gasteiger partial charge in [-0.05, 0) is 41.8 Å². The van der Waals surface area contributed by atoms with Crippen molar-refractivity contribution in [2.75, 3.05) is 0 Å². The van der Waals surface area contributed by atoms with Crippen LogP contribution in [-0.2, 0) is 0 Å². The van der Waals surface area contributed by atoms with Gasteiger partial charge < -0.3 is 10.2 Å². The summed E-state index contributed by atoms with van der Waals surface area (Å²) in [5.74, 6) is -4.16. The average molecular weight is 326 g/mol. The Hall–Kier alpha value is -2.18. The van der Waals surface area contributed by atoms with Gasteiger partial charge in [0.05, 0.1) is 12.2 Å². The topological polar surface area (TPSA) is 40.5 Å². The van der Waals surface area contributed by atoms with Crippen molar-refractivity contribution in [3.05, 3.63) is 82.9 Å². The molecule has 0 heterocycles. The maximum absolute atomic E-state index is 13.1. The molecule has 0 aliphatic rings. The summed E-state index contributed by atoms with van der Waals surface area (Å²) in [5.41, 5.74) is 0.346. The Labute approximate surface area is 130 Å². The number of benzene rings is 2. The van der Waals surface area contributed by atoms with E-state index in [2.05, 4.69) is 0 Å². The maximum Gasteiger partial charge on any atom is 0.159 e. The van der Waals surface area contributed by atoms with E-state index in [1.165, 1.54) is 24.3 Å². The smallest absolute Gasteiger partial charge is 0.159 e. The van der Waals surface area contributed by atoms with Gasteiger partial charge in [-0.2, -0.15) is 0 Å². The van der Waals surface area contributed by atoms with E-state index < -0.39 is 35.5 Å².